The Kier molecular flexibility index (Phi) is 19.0. The number of rotatable bonds is 8. The summed E-state index contributed by atoms with van der Waals surface area (Å²) in [7, 11) is 0. The zero-order valence-corrected chi connectivity index (χ0v) is 39.9. The Morgan fingerprint density at radius 2 is 0.635 bits per heavy atom. The van der Waals surface area contributed by atoms with E-state index in [0.717, 1.165) is 23.0 Å². The molecule has 0 atom stereocenters. The lowest BCUT2D eigenvalue weighted by Gasteiger charge is -2.08. The molecular formula is C48H80O2S2. The van der Waals surface area contributed by atoms with Crippen LogP contribution in [-0.2, 0) is 0 Å². The highest BCUT2D eigenvalue weighted by molar-refractivity contribution is 7.12. The van der Waals surface area contributed by atoms with Gasteiger partial charge in [0.15, 0.2) is 0 Å². The lowest BCUT2D eigenvalue weighted by molar-refractivity contribution is 0.429. The van der Waals surface area contributed by atoms with E-state index < -0.39 is 0 Å². The maximum absolute atomic E-state index is 5.87. The van der Waals surface area contributed by atoms with Gasteiger partial charge >= 0.3 is 0 Å². The Bertz CT molecular complexity index is 1470. The van der Waals surface area contributed by atoms with Crippen LogP contribution in [-0.4, -0.2) is 0 Å². The number of hydrogen-bond donors (Lipinski definition) is 0. The van der Waals surface area contributed by atoms with Crippen molar-refractivity contribution >= 4 is 22.7 Å². The highest BCUT2D eigenvalue weighted by Crippen LogP contribution is 2.38. The van der Waals surface area contributed by atoms with Crippen LogP contribution < -0.4 is 0 Å². The maximum atomic E-state index is 5.87. The Hall–Kier alpha value is -2.04. The summed E-state index contributed by atoms with van der Waals surface area (Å²) in [5.74, 6) is 9.30. The lowest BCUT2D eigenvalue weighted by atomic mass is 9.96. The Morgan fingerprint density at radius 3 is 0.827 bits per heavy atom. The molecule has 0 N–H and O–H groups in total. The lowest BCUT2D eigenvalue weighted by Crippen LogP contribution is -1.92. The van der Waals surface area contributed by atoms with Gasteiger partial charge in [-0.05, 0) is 129 Å². The van der Waals surface area contributed by atoms with Gasteiger partial charge in [-0.2, -0.15) is 0 Å². The topological polar surface area (TPSA) is 26.3 Å². The standard InChI is InChI=1S/2C12H20O.2C12H20S/c1-7(2)11-9(5)12(8(3)4)13-10(11)6;1-7(2)11-9(5)10(6)12(13-11)8(3)4;1-7(2)11-9(5)12(8(3)4)13-10(11)6;1-7(2)11-9(5)10(6)12(13-11)8(3)4/h4*7-8H,1-6H3. The van der Waals surface area contributed by atoms with E-state index in [9.17, 15) is 0 Å². The molecule has 4 aromatic rings. The molecule has 0 radical (unpaired) electrons. The molecule has 0 aliphatic rings. The number of thiophene rings is 2. The Morgan fingerprint density at radius 1 is 0.308 bits per heavy atom. The van der Waals surface area contributed by atoms with Gasteiger partial charge in [-0.1, -0.05) is 111 Å². The monoisotopic (exact) mass is 753 g/mol. The van der Waals surface area contributed by atoms with Crippen LogP contribution in [0.15, 0.2) is 8.83 Å². The van der Waals surface area contributed by atoms with Gasteiger partial charge < -0.3 is 8.83 Å². The predicted molar refractivity (Wildman–Crippen MR) is 237 cm³/mol. The summed E-state index contributed by atoms with van der Waals surface area (Å²) in [6.07, 6.45) is 0. The van der Waals surface area contributed by atoms with Crippen LogP contribution >= 0.6 is 22.7 Å². The van der Waals surface area contributed by atoms with E-state index >= 15 is 0 Å². The van der Waals surface area contributed by atoms with Crippen LogP contribution in [0, 0.1) is 55.4 Å². The van der Waals surface area contributed by atoms with E-state index in [1.807, 2.05) is 22.7 Å². The first-order chi connectivity index (χ1) is 23.8. The van der Waals surface area contributed by atoms with E-state index in [-0.39, 0.29) is 0 Å². The van der Waals surface area contributed by atoms with E-state index in [4.69, 9.17) is 8.83 Å². The number of furan rings is 2. The van der Waals surface area contributed by atoms with Crippen LogP contribution in [0.4, 0.5) is 0 Å². The fourth-order valence-corrected chi connectivity index (χ4v) is 10.3. The molecule has 0 fully saturated rings. The fraction of sp³-hybridized carbons (Fsp3) is 0.667. The summed E-state index contributed by atoms with van der Waals surface area (Å²) in [6, 6.07) is 0. The summed E-state index contributed by atoms with van der Waals surface area (Å²) < 4.78 is 11.6. The molecule has 4 heterocycles. The quantitative estimate of drug-likeness (QED) is 0.179. The van der Waals surface area contributed by atoms with Gasteiger partial charge in [-0.15, -0.1) is 22.7 Å². The largest absolute Gasteiger partial charge is 0.466 e. The zero-order valence-electron chi connectivity index (χ0n) is 38.3. The smallest absolute Gasteiger partial charge is 0.109 e. The van der Waals surface area contributed by atoms with Gasteiger partial charge in [-0.25, -0.2) is 0 Å². The molecule has 0 amide bonds. The van der Waals surface area contributed by atoms with Crippen LogP contribution in [0.5, 0.6) is 0 Å². The van der Waals surface area contributed by atoms with Crippen molar-refractivity contribution in [1.29, 1.82) is 0 Å². The fourth-order valence-electron chi connectivity index (χ4n) is 7.65. The number of hydrogen-bond acceptors (Lipinski definition) is 4. The molecule has 0 spiro atoms. The maximum Gasteiger partial charge on any atom is 0.109 e. The molecule has 0 aliphatic carbocycles. The van der Waals surface area contributed by atoms with Gasteiger partial charge in [-0.3, -0.25) is 0 Å². The van der Waals surface area contributed by atoms with Crippen LogP contribution in [0.25, 0.3) is 0 Å². The molecule has 4 rings (SSSR count). The summed E-state index contributed by atoms with van der Waals surface area (Å²) in [4.78, 5) is 6.22. The van der Waals surface area contributed by atoms with E-state index in [0.29, 0.717) is 47.3 Å². The first-order valence-corrected chi connectivity index (χ1v) is 21.8. The molecule has 296 valence electrons. The summed E-state index contributed by atoms with van der Waals surface area (Å²) in [6.45, 7) is 53.3. The molecule has 4 aromatic heterocycles. The number of aryl methyl sites for hydroxylation is 2. The molecule has 0 aliphatic heterocycles. The van der Waals surface area contributed by atoms with Gasteiger partial charge in [0.2, 0.25) is 0 Å². The molecular weight excluding hydrogens is 673 g/mol. The van der Waals surface area contributed by atoms with Gasteiger partial charge in [0.25, 0.3) is 0 Å². The normalized spacial score (nSPS) is 11.7. The second kappa shape index (κ2) is 20.6. The van der Waals surface area contributed by atoms with Crippen molar-refractivity contribution in [3.8, 4) is 0 Å². The molecule has 0 aromatic carbocycles. The first-order valence-electron chi connectivity index (χ1n) is 20.2. The Balaban J connectivity index is 0.000000347. The first kappa shape index (κ1) is 48.0. The van der Waals surface area contributed by atoms with Crippen molar-refractivity contribution in [3.05, 3.63) is 87.1 Å². The van der Waals surface area contributed by atoms with Crippen molar-refractivity contribution in [2.75, 3.05) is 0 Å². The third kappa shape index (κ3) is 12.0. The van der Waals surface area contributed by atoms with E-state index in [1.165, 1.54) is 43.8 Å². The average Bonchev–Trinajstić information content (AvgIpc) is 3.70. The van der Waals surface area contributed by atoms with Crippen molar-refractivity contribution in [3.63, 3.8) is 0 Å². The minimum Gasteiger partial charge on any atom is -0.466 e. The molecule has 52 heavy (non-hydrogen) atoms. The van der Waals surface area contributed by atoms with Crippen LogP contribution in [0.2, 0.25) is 0 Å². The third-order valence-corrected chi connectivity index (χ3v) is 13.7. The second-order valence-corrected chi connectivity index (χ2v) is 19.9. The summed E-state index contributed by atoms with van der Waals surface area (Å²) >= 11 is 3.98. The van der Waals surface area contributed by atoms with E-state index in [2.05, 4.69) is 166 Å². The highest BCUT2D eigenvalue weighted by atomic mass is 32.1. The minimum absolute atomic E-state index is 0.492. The minimum atomic E-state index is 0.492. The molecule has 2 nitrogen and oxygen atoms in total. The summed E-state index contributed by atoms with van der Waals surface area (Å²) in [5.41, 5.74) is 11.6. The van der Waals surface area contributed by atoms with Gasteiger partial charge in [0.1, 0.15) is 23.0 Å². The van der Waals surface area contributed by atoms with Crippen LogP contribution in [0.3, 0.4) is 0 Å². The molecule has 0 bridgehead atoms. The highest BCUT2D eigenvalue weighted by Gasteiger charge is 2.20. The average molecular weight is 753 g/mol. The zero-order chi connectivity index (χ0) is 40.7. The molecule has 0 saturated heterocycles. The Labute approximate surface area is 330 Å². The van der Waals surface area contributed by atoms with Crippen LogP contribution in [0.1, 0.15) is 245 Å². The molecule has 0 saturated carbocycles. The third-order valence-electron chi connectivity index (χ3n) is 10.2. The van der Waals surface area contributed by atoms with E-state index in [1.54, 1.807) is 20.2 Å². The summed E-state index contributed by atoms with van der Waals surface area (Å²) in [5, 5.41) is 0. The predicted octanol–water partition coefficient (Wildman–Crippen LogP) is 17.5. The van der Waals surface area contributed by atoms with Gasteiger partial charge in [0, 0.05) is 37.3 Å². The SMILES string of the molecule is Cc1c(C(C)C)oc(C(C)C)c1C.Cc1c(C(C)C)sc(C(C)C)c1C.Cc1oc(C(C)C)c(C)c1C(C)C.Cc1sc(C(C)C)c(C)c1C(C)C. The van der Waals surface area contributed by atoms with Crippen molar-refractivity contribution in [2.45, 2.75) is 214 Å². The van der Waals surface area contributed by atoms with Gasteiger partial charge in [0.05, 0.1) is 0 Å². The molecule has 0 unspecified atom stereocenters. The van der Waals surface area contributed by atoms with Crippen molar-refractivity contribution < 1.29 is 8.83 Å². The van der Waals surface area contributed by atoms with Crippen molar-refractivity contribution in [1.82, 2.24) is 0 Å². The molecule has 4 heteroatoms. The second-order valence-electron chi connectivity index (χ2n) is 17.5. The van der Waals surface area contributed by atoms with Crippen molar-refractivity contribution in [2.24, 2.45) is 0 Å².